The zero-order chi connectivity index (χ0) is 22.4. The molecule has 0 spiro atoms. The first-order chi connectivity index (χ1) is 15.4. The van der Waals surface area contributed by atoms with Gasteiger partial charge >= 0.3 is 0 Å². The van der Waals surface area contributed by atoms with E-state index < -0.39 is 5.82 Å². The van der Waals surface area contributed by atoms with E-state index in [0.717, 1.165) is 42.8 Å². The molecule has 0 aliphatic carbocycles. The lowest BCUT2D eigenvalue weighted by molar-refractivity contribution is 0.0605. The maximum Gasteiger partial charge on any atom is 0.276 e. The standard InChI is InChI=1S/C24H28FN5O2/c1-15(2)28-11-9-18-20(14-28)26-22-13-19(27-30(22)24(18)32)21-8-3-4-10-29(21)23(31)16-6-5-7-17(25)12-16/h5-7,12-13,15,21,27H,3-4,8-11,14H2,1-2H3/t21-/m1/s1. The highest BCUT2D eigenvalue weighted by Crippen LogP contribution is 2.32. The first-order valence-electron chi connectivity index (χ1n) is 11.4. The summed E-state index contributed by atoms with van der Waals surface area (Å²) in [6, 6.07) is 7.89. The number of rotatable bonds is 3. The summed E-state index contributed by atoms with van der Waals surface area (Å²) in [5, 5.41) is 3.23. The largest absolute Gasteiger partial charge is 0.330 e. The van der Waals surface area contributed by atoms with Gasteiger partial charge in [-0.05, 0) is 57.7 Å². The second-order valence-electron chi connectivity index (χ2n) is 9.08. The first-order valence-corrected chi connectivity index (χ1v) is 11.4. The van der Waals surface area contributed by atoms with Gasteiger partial charge in [-0.25, -0.2) is 13.9 Å². The highest BCUT2D eigenvalue weighted by Gasteiger charge is 2.31. The molecule has 1 atom stereocenters. The van der Waals surface area contributed by atoms with Crippen molar-refractivity contribution < 1.29 is 9.18 Å². The first kappa shape index (κ1) is 20.9. The predicted octanol–water partition coefficient (Wildman–Crippen LogP) is 3.30. The summed E-state index contributed by atoms with van der Waals surface area (Å²) in [4.78, 5) is 35.3. The minimum Gasteiger partial charge on any atom is -0.330 e. The minimum absolute atomic E-state index is 0.0570. The number of H-pyrrole nitrogens is 1. The van der Waals surface area contributed by atoms with Crippen LogP contribution < -0.4 is 5.56 Å². The van der Waals surface area contributed by atoms with Crippen molar-refractivity contribution in [2.75, 3.05) is 13.1 Å². The van der Waals surface area contributed by atoms with Crippen molar-refractivity contribution in [3.05, 3.63) is 69.0 Å². The molecule has 1 fully saturated rings. The van der Waals surface area contributed by atoms with Crippen molar-refractivity contribution >= 4 is 11.6 Å². The zero-order valence-corrected chi connectivity index (χ0v) is 18.5. The molecule has 8 heteroatoms. The van der Waals surface area contributed by atoms with Crippen LogP contribution in [0.4, 0.5) is 4.39 Å². The van der Waals surface area contributed by atoms with Crippen LogP contribution in [0.2, 0.25) is 0 Å². The van der Waals surface area contributed by atoms with Gasteiger partial charge in [0.25, 0.3) is 11.5 Å². The maximum absolute atomic E-state index is 13.7. The molecule has 1 saturated heterocycles. The number of aromatic amines is 1. The van der Waals surface area contributed by atoms with E-state index in [1.807, 2.05) is 6.07 Å². The fourth-order valence-electron chi connectivity index (χ4n) is 4.93. The summed E-state index contributed by atoms with van der Waals surface area (Å²) in [5.74, 6) is -0.619. The van der Waals surface area contributed by atoms with Gasteiger partial charge in [0.1, 0.15) is 5.82 Å². The van der Waals surface area contributed by atoms with E-state index in [1.54, 1.807) is 17.0 Å². The van der Waals surface area contributed by atoms with E-state index in [0.29, 0.717) is 36.8 Å². The number of fused-ring (bicyclic) bond motifs is 2. The molecule has 0 saturated carbocycles. The summed E-state index contributed by atoms with van der Waals surface area (Å²) in [6.45, 7) is 6.42. The van der Waals surface area contributed by atoms with Crippen LogP contribution in [0.25, 0.3) is 5.65 Å². The van der Waals surface area contributed by atoms with Gasteiger partial charge in [0.15, 0.2) is 5.65 Å². The average molecular weight is 438 g/mol. The number of aromatic nitrogens is 3. The van der Waals surface area contributed by atoms with E-state index >= 15 is 0 Å². The second-order valence-corrected chi connectivity index (χ2v) is 9.08. The Hall–Kier alpha value is -3.00. The number of halogens is 1. The van der Waals surface area contributed by atoms with Crippen LogP contribution in [0.1, 0.15) is 66.5 Å². The van der Waals surface area contributed by atoms with Gasteiger partial charge in [0.05, 0.1) is 17.4 Å². The molecule has 5 rings (SSSR count). The van der Waals surface area contributed by atoms with Crippen molar-refractivity contribution in [3.8, 4) is 0 Å². The van der Waals surface area contributed by atoms with Gasteiger partial charge in [0.2, 0.25) is 0 Å². The molecule has 4 heterocycles. The Balaban J connectivity index is 1.51. The summed E-state index contributed by atoms with van der Waals surface area (Å²) < 4.78 is 15.2. The Kier molecular flexibility index (Phi) is 5.33. The van der Waals surface area contributed by atoms with Crippen LogP contribution in [0, 0.1) is 5.82 Å². The maximum atomic E-state index is 13.7. The summed E-state index contributed by atoms with van der Waals surface area (Å²) in [7, 11) is 0. The van der Waals surface area contributed by atoms with Crippen molar-refractivity contribution in [3.63, 3.8) is 0 Å². The average Bonchev–Trinajstić information content (AvgIpc) is 3.22. The zero-order valence-electron chi connectivity index (χ0n) is 18.5. The number of piperidine rings is 1. The molecule has 0 unspecified atom stereocenters. The van der Waals surface area contributed by atoms with Gasteiger partial charge in [-0.3, -0.25) is 19.6 Å². The molecule has 7 nitrogen and oxygen atoms in total. The molecule has 3 aromatic rings. The molecule has 32 heavy (non-hydrogen) atoms. The number of carbonyl (C=O) groups is 1. The Bertz CT molecular complexity index is 1230. The van der Waals surface area contributed by atoms with Crippen LogP contribution in [0.5, 0.6) is 0 Å². The number of likely N-dealkylation sites (tertiary alicyclic amines) is 1. The molecule has 0 radical (unpaired) electrons. The number of hydrogen-bond donors (Lipinski definition) is 1. The van der Waals surface area contributed by atoms with Crippen LogP contribution in [-0.4, -0.2) is 49.4 Å². The molecule has 1 aromatic carbocycles. The van der Waals surface area contributed by atoms with E-state index in [-0.39, 0.29) is 17.5 Å². The Morgan fingerprint density at radius 1 is 1.22 bits per heavy atom. The lowest BCUT2D eigenvalue weighted by atomic mass is 9.98. The van der Waals surface area contributed by atoms with Crippen LogP contribution >= 0.6 is 0 Å². The number of nitrogens with one attached hydrogen (secondary N) is 1. The fraction of sp³-hybridized carbons (Fsp3) is 0.458. The number of amides is 1. The van der Waals surface area contributed by atoms with E-state index in [9.17, 15) is 14.0 Å². The van der Waals surface area contributed by atoms with Gasteiger partial charge in [-0.2, -0.15) is 0 Å². The number of hydrogen-bond acceptors (Lipinski definition) is 4. The third-order valence-corrected chi connectivity index (χ3v) is 6.74. The third-order valence-electron chi connectivity index (χ3n) is 6.74. The third kappa shape index (κ3) is 3.62. The molecular weight excluding hydrogens is 409 g/mol. The molecule has 0 bridgehead atoms. The molecule has 168 valence electrons. The number of nitrogens with zero attached hydrogens (tertiary/aromatic N) is 4. The van der Waals surface area contributed by atoms with Crippen molar-refractivity contribution in [1.82, 2.24) is 24.4 Å². The quantitative estimate of drug-likeness (QED) is 0.682. The number of benzene rings is 1. The Morgan fingerprint density at radius 3 is 2.84 bits per heavy atom. The van der Waals surface area contributed by atoms with Crippen molar-refractivity contribution in [1.29, 1.82) is 0 Å². The Labute approximate surface area is 185 Å². The summed E-state index contributed by atoms with van der Waals surface area (Å²) in [5.41, 5.74) is 3.27. The summed E-state index contributed by atoms with van der Waals surface area (Å²) in [6.07, 6.45) is 3.35. The molecule has 2 aliphatic rings. The molecule has 1 amide bonds. The van der Waals surface area contributed by atoms with Gasteiger partial charge in [-0.15, -0.1) is 0 Å². The van der Waals surface area contributed by atoms with Crippen LogP contribution in [-0.2, 0) is 13.0 Å². The highest BCUT2D eigenvalue weighted by atomic mass is 19.1. The van der Waals surface area contributed by atoms with Gasteiger partial charge in [-0.1, -0.05) is 6.07 Å². The molecule has 2 aliphatic heterocycles. The van der Waals surface area contributed by atoms with Crippen LogP contribution in [0.15, 0.2) is 35.1 Å². The monoisotopic (exact) mass is 437 g/mol. The van der Waals surface area contributed by atoms with Crippen molar-refractivity contribution in [2.24, 2.45) is 0 Å². The molecule has 2 aromatic heterocycles. The normalized spacial score (nSPS) is 19.5. The smallest absolute Gasteiger partial charge is 0.276 e. The lowest BCUT2D eigenvalue weighted by Gasteiger charge is -2.35. The Morgan fingerprint density at radius 2 is 2.06 bits per heavy atom. The highest BCUT2D eigenvalue weighted by molar-refractivity contribution is 5.94. The van der Waals surface area contributed by atoms with Gasteiger partial charge in [0, 0.05) is 42.9 Å². The predicted molar refractivity (Wildman–Crippen MR) is 119 cm³/mol. The van der Waals surface area contributed by atoms with Gasteiger partial charge < -0.3 is 4.90 Å². The number of carbonyl (C=O) groups excluding carboxylic acids is 1. The van der Waals surface area contributed by atoms with E-state index in [2.05, 4.69) is 23.8 Å². The van der Waals surface area contributed by atoms with E-state index in [1.165, 1.54) is 16.6 Å². The fourth-order valence-corrected chi connectivity index (χ4v) is 4.93. The topological polar surface area (TPSA) is 73.7 Å². The molecular formula is C24H28FN5O2. The summed E-state index contributed by atoms with van der Waals surface area (Å²) >= 11 is 0. The van der Waals surface area contributed by atoms with E-state index in [4.69, 9.17) is 4.98 Å². The van der Waals surface area contributed by atoms with Crippen molar-refractivity contribution in [2.45, 2.75) is 58.2 Å². The second kappa shape index (κ2) is 8.16. The van der Waals surface area contributed by atoms with Crippen LogP contribution in [0.3, 0.4) is 0 Å². The molecule has 1 N–H and O–H groups in total. The lowest BCUT2D eigenvalue weighted by Crippen LogP contribution is -2.40. The SMILES string of the molecule is CC(C)N1CCc2c(nc3cc([C@H]4CCCCN4C(=O)c4cccc(F)c4)[nH]n3c2=O)C1. The minimum atomic E-state index is -0.424.